The van der Waals surface area contributed by atoms with Gasteiger partial charge in [0, 0.05) is 18.6 Å². The molecule has 0 saturated heterocycles. The summed E-state index contributed by atoms with van der Waals surface area (Å²) in [5.41, 5.74) is 0.583. The number of fused-ring (bicyclic) bond motifs is 1. The lowest BCUT2D eigenvalue weighted by Gasteiger charge is -2.22. The minimum atomic E-state index is -0.0148. The second kappa shape index (κ2) is 5.80. The van der Waals surface area contributed by atoms with E-state index < -0.39 is 0 Å². The maximum absolute atomic E-state index is 12.2. The standard InChI is InChI=1S/C14H19ClN2O2/c1-16(2)7-6-11-9-17(3)14(18)12-5-4-10(15)8-13(12)19-11/h4-5,8,11H,6-7,9H2,1-3H3. The van der Waals surface area contributed by atoms with Gasteiger partial charge in [0.05, 0.1) is 12.1 Å². The Morgan fingerprint density at radius 2 is 2.21 bits per heavy atom. The Kier molecular flexibility index (Phi) is 4.32. The molecular formula is C14H19ClN2O2. The molecule has 1 heterocycles. The van der Waals surface area contributed by atoms with Gasteiger partial charge in [0.1, 0.15) is 11.9 Å². The Morgan fingerprint density at radius 3 is 2.89 bits per heavy atom. The number of nitrogens with zero attached hydrogens (tertiary/aromatic N) is 2. The third-order valence-electron chi connectivity index (χ3n) is 3.19. The van der Waals surface area contributed by atoms with Crippen molar-refractivity contribution in [3.8, 4) is 5.75 Å². The van der Waals surface area contributed by atoms with Crippen molar-refractivity contribution in [3.63, 3.8) is 0 Å². The van der Waals surface area contributed by atoms with Crippen LogP contribution in [0, 0.1) is 0 Å². The van der Waals surface area contributed by atoms with E-state index in [0.29, 0.717) is 22.9 Å². The van der Waals surface area contributed by atoms with Crippen LogP contribution in [0.25, 0.3) is 0 Å². The van der Waals surface area contributed by atoms with Crippen molar-refractivity contribution >= 4 is 17.5 Å². The molecule has 0 aromatic heterocycles. The van der Waals surface area contributed by atoms with Crippen LogP contribution in [0.2, 0.25) is 5.02 Å². The molecule has 1 aromatic carbocycles. The van der Waals surface area contributed by atoms with E-state index in [1.54, 1.807) is 30.1 Å². The van der Waals surface area contributed by atoms with E-state index in [-0.39, 0.29) is 12.0 Å². The number of benzene rings is 1. The van der Waals surface area contributed by atoms with E-state index in [1.807, 2.05) is 14.1 Å². The normalized spacial score (nSPS) is 19.1. The fourth-order valence-corrected chi connectivity index (χ4v) is 2.30. The third-order valence-corrected chi connectivity index (χ3v) is 3.43. The molecule has 1 aliphatic heterocycles. The summed E-state index contributed by atoms with van der Waals surface area (Å²) in [5.74, 6) is 0.574. The highest BCUT2D eigenvalue weighted by Gasteiger charge is 2.26. The van der Waals surface area contributed by atoms with Crippen LogP contribution in [0.15, 0.2) is 18.2 Å². The van der Waals surface area contributed by atoms with E-state index >= 15 is 0 Å². The number of carbonyl (C=O) groups excluding carboxylic acids is 1. The second-order valence-corrected chi connectivity index (χ2v) is 5.59. The zero-order valence-corrected chi connectivity index (χ0v) is 12.3. The van der Waals surface area contributed by atoms with E-state index in [4.69, 9.17) is 16.3 Å². The van der Waals surface area contributed by atoms with Gasteiger partial charge in [-0.15, -0.1) is 0 Å². The van der Waals surface area contributed by atoms with Gasteiger partial charge in [0.15, 0.2) is 0 Å². The zero-order valence-electron chi connectivity index (χ0n) is 11.5. The summed E-state index contributed by atoms with van der Waals surface area (Å²) in [6, 6.07) is 5.16. The number of hydrogen-bond donors (Lipinski definition) is 0. The summed E-state index contributed by atoms with van der Waals surface area (Å²) < 4.78 is 5.96. The molecule has 0 spiro atoms. The number of likely N-dealkylation sites (N-methyl/N-ethyl adjacent to an activating group) is 1. The number of carbonyl (C=O) groups is 1. The third kappa shape index (κ3) is 3.39. The second-order valence-electron chi connectivity index (χ2n) is 5.16. The predicted molar refractivity (Wildman–Crippen MR) is 76.0 cm³/mol. The van der Waals surface area contributed by atoms with Gasteiger partial charge < -0.3 is 14.5 Å². The van der Waals surface area contributed by atoms with E-state index in [9.17, 15) is 4.79 Å². The van der Waals surface area contributed by atoms with Crippen molar-refractivity contribution in [2.24, 2.45) is 0 Å². The van der Waals surface area contributed by atoms with Crippen LogP contribution in [-0.4, -0.2) is 56.0 Å². The predicted octanol–water partition coefficient (Wildman–Crippen LogP) is 2.12. The summed E-state index contributed by atoms with van der Waals surface area (Å²) in [7, 11) is 5.85. The minimum absolute atomic E-state index is 0.00364. The number of rotatable bonds is 3. The summed E-state index contributed by atoms with van der Waals surface area (Å²) in [5, 5.41) is 0.586. The maximum atomic E-state index is 12.2. The van der Waals surface area contributed by atoms with Gasteiger partial charge in [-0.2, -0.15) is 0 Å². The average Bonchev–Trinajstić information content (AvgIpc) is 2.45. The molecule has 0 N–H and O–H groups in total. The van der Waals surface area contributed by atoms with E-state index in [2.05, 4.69) is 4.90 Å². The molecule has 0 aliphatic carbocycles. The molecule has 0 bridgehead atoms. The van der Waals surface area contributed by atoms with Gasteiger partial charge in [-0.25, -0.2) is 0 Å². The Morgan fingerprint density at radius 1 is 1.47 bits per heavy atom. The molecule has 0 radical (unpaired) electrons. The van der Waals surface area contributed by atoms with Crippen molar-refractivity contribution in [3.05, 3.63) is 28.8 Å². The molecule has 1 aromatic rings. The molecule has 104 valence electrons. The smallest absolute Gasteiger partial charge is 0.257 e. The molecule has 1 amide bonds. The first-order valence-corrected chi connectivity index (χ1v) is 6.71. The molecule has 1 atom stereocenters. The number of amides is 1. The van der Waals surface area contributed by atoms with E-state index in [0.717, 1.165) is 13.0 Å². The topological polar surface area (TPSA) is 32.8 Å². The molecule has 0 saturated carbocycles. The van der Waals surface area contributed by atoms with Crippen LogP contribution in [0.3, 0.4) is 0 Å². The van der Waals surface area contributed by atoms with Gasteiger partial charge in [0.2, 0.25) is 0 Å². The van der Waals surface area contributed by atoms with Gasteiger partial charge in [-0.1, -0.05) is 11.6 Å². The average molecular weight is 283 g/mol. The first-order chi connectivity index (χ1) is 8.97. The van der Waals surface area contributed by atoms with Gasteiger partial charge in [-0.3, -0.25) is 4.79 Å². The minimum Gasteiger partial charge on any atom is -0.488 e. The lowest BCUT2D eigenvalue weighted by atomic mass is 10.2. The molecular weight excluding hydrogens is 264 g/mol. The molecule has 5 heteroatoms. The van der Waals surface area contributed by atoms with Crippen LogP contribution < -0.4 is 4.74 Å². The van der Waals surface area contributed by atoms with Crippen LogP contribution in [-0.2, 0) is 0 Å². The monoisotopic (exact) mass is 282 g/mol. The first-order valence-electron chi connectivity index (χ1n) is 6.34. The molecule has 19 heavy (non-hydrogen) atoms. The van der Waals surface area contributed by atoms with Crippen molar-refractivity contribution in [2.45, 2.75) is 12.5 Å². The first kappa shape index (κ1) is 14.2. The molecule has 1 unspecified atom stereocenters. The maximum Gasteiger partial charge on any atom is 0.257 e. The largest absolute Gasteiger partial charge is 0.488 e. The van der Waals surface area contributed by atoms with Gasteiger partial charge in [-0.05, 0) is 38.7 Å². The summed E-state index contributed by atoms with van der Waals surface area (Å²) in [6.07, 6.45) is 0.868. The fourth-order valence-electron chi connectivity index (χ4n) is 2.13. The lowest BCUT2D eigenvalue weighted by molar-refractivity contribution is 0.0750. The van der Waals surface area contributed by atoms with Gasteiger partial charge >= 0.3 is 0 Å². The van der Waals surface area contributed by atoms with E-state index in [1.165, 1.54) is 0 Å². The highest BCUT2D eigenvalue weighted by Crippen LogP contribution is 2.28. The number of halogens is 1. The zero-order chi connectivity index (χ0) is 14.0. The summed E-state index contributed by atoms with van der Waals surface area (Å²) >= 11 is 5.98. The Balaban J connectivity index is 2.23. The van der Waals surface area contributed by atoms with Crippen molar-refractivity contribution < 1.29 is 9.53 Å². The van der Waals surface area contributed by atoms with Crippen LogP contribution in [0.5, 0.6) is 5.75 Å². The van der Waals surface area contributed by atoms with Crippen molar-refractivity contribution in [1.29, 1.82) is 0 Å². The van der Waals surface area contributed by atoms with Crippen LogP contribution >= 0.6 is 11.6 Å². The molecule has 2 rings (SSSR count). The highest BCUT2D eigenvalue weighted by molar-refractivity contribution is 6.30. The Bertz CT molecular complexity index is 477. The number of hydrogen-bond acceptors (Lipinski definition) is 3. The molecule has 4 nitrogen and oxygen atoms in total. The lowest BCUT2D eigenvalue weighted by Crippen LogP contribution is -2.35. The molecule has 1 aliphatic rings. The highest BCUT2D eigenvalue weighted by atomic mass is 35.5. The van der Waals surface area contributed by atoms with Crippen LogP contribution in [0.1, 0.15) is 16.8 Å². The summed E-state index contributed by atoms with van der Waals surface area (Å²) in [4.78, 5) is 16.0. The quantitative estimate of drug-likeness (QED) is 0.851. The Hall–Kier alpha value is -1.26. The SMILES string of the molecule is CN(C)CCC1CN(C)C(=O)c2ccc(Cl)cc2O1. The van der Waals surface area contributed by atoms with Gasteiger partial charge in [0.25, 0.3) is 5.91 Å². The van der Waals surface area contributed by atoms with Crippen LogP contribution in [0.4, 0.5) is 0 Å². The summed E-state index contributed by atoms with van der Waals surface area (Å²) in [6.45, 7) is 1.52. The van der Waals surface area contributed by atoms with Crippen molar-refractivity contribution in [1.82, 2.24) is 9.80 Å². The Labute approximate surface area is 118 Å². The number of ether oxygens (including phenoxy) is 1. The van der Waals surface area contributed by atoms with Crippen molar-refractivity contribution in [2.75, 3.05) is 34.2 Å². The molecule has 0 fully saturated rings. The fraction of sp³-hybridized carbons (Fsp3) is 0.500.